The van der Waals surface area contributed by atoms with Crippen molar-refractivity contribution in [2.45, 2.75) is 44.4 Å². The summed E-state index contributed by atoms with van der Waals surface area (Å²) in [4.78, 5) is 0. The van der Waals surface area contributed by atoms with Crippen LogP contribution in [0.25, 0.3) is 0 Å². The molecule has 94 valence electrons. The molecule has 0 bridgehead atoms. The van der Waals surface area contributed by atoms with Crippen molar-refractivity contribution in [2.24, 2.45) is 5.73 Å². The van der Waals surface area contributed by atoms with E-state index in [1.54, 1.807) is 0 Å². The van der Waals surface area contributed by atoms with Gasteiger partial charge < -0.3 is 10.8 Å². The molecule has 2 rings (SSSR count). The number of benzene rings is 1. The quantitative estimate of drug-likeness (QED) is 0.847. The van der Waals surface area contributed by atoms with Crippen LogP contribution in [0.1, 0.15) is 43.2 Å². The number of aromatic hydroxyl groups is 1. The molecule has 1 aromatic carbocycles. The summed E-state index contributed by atoms with van der Waals surface area (Å²) < 4.78 is 0. The van der Waals surface area contributed by atoms with Crippen molar-refractivity contribution >= 4 is 11.6 Å². The van der Waals surface area contributed by atoms with Gasteiger partial charge >= 0.3 is 0 Å². The van der Waals surface area contributed by atoms with Gasteiger partial charge in [-0.05, 0) is 30.9 Å². The molecular weight excluding hydrogens is 234 g/mol. The molecule has 0 atom stereocenters. The first kappa shape index (κ1) is 12.7. The lowest BCUT2D eigenvalue weighted by molar-refractivity contribution is 0.300. The topological polar surface area (TPSA) is 46.2 Å². The van der Waals surface area contributed by atoms with Crippen LogP contribution >= 0.6 is 11.6 Å². The van der Waals surface area contributed by atoms with Crippen molar-refractivity contribution in [3.63, 3.8) is 0 Å². The van der Waals surface area contributed by atoms with Gasteiger partial charge in [-0.15, -0.1) is 0 Å². The lowest BCUT2D eigenvalue weighted by Crippen LogP contribution is -2.37. The Kier molecular flexibility index (Phi) is 3.64. The first-order valence-corrected chi connectivity index (χ1v) is 6.67. The highest BCUT2D eigenvalue weighted by Gasteiger charge is 2.35. The second-order valence-corrected chi connectivity index (χ2v) is 5.52. The van der Waals surface area contributed by atoms with E-state index in [2.05, 4.69) is 0 Å². The highest BCUT2D eigenvalue weighted by molar-refractivity contribution is 6.33. The highest BCUT2D eigenvalue weighted by Crippen LogP contribution is 2.44. The smallest absolute Gasteiger partial charge is 0.137 e. The number of rotatable bonds is 2. The van der Waals surface area contributed by atoms with E-state index in [4.69, 9.17) is 17.3 Å². The van der Waals surface area contributed by atoms with Gasteiger partial charge in [0.05, 0.1) is 5.02 Å². The van der Waals surface area contributed by atoms with E-state index >= 15 is 0 Å². The largest absolute Gasteiger partial charge is 0.506 e. The van der Waals surface area contributed by atoms with Crippen LogP contribution in [0, 0.1) is 6.92 Å². The fraction of sp³-hybridized carbons (Fsp3) is 0.571. The van der Waals surface area contributed by atoms with E-state index in [1.165, 1.54) is 19.3 Å². The zero-order chi connectivity index (χ0) is 12.5. The van der Waals surface area contributed by atoms with E-state index in [0.29, 0.717) is 11.6 Å². The van der Waals surface area contributed by atoms with E-state index in [-0.39, 0.29) is 11.2 Å². The summed E-state index contributed by atoms with van der Waals surface area (Å²) in [5.74, 6) is 0.211. The summed E-state index contributed by atoms with van der Waals surface area (Å²) in [5.41, 5.74) is 7.81. The Morgan fingerprint density at radius 1 is 1.29 bits per heavy atom. The predicted molar refractivity (Wildman–Crippen MR) is 71.7 cm³/mol. The number of phenols is 1. The number of hydrogen-bond donors (Lipinski definition) is 2. The SMILES string of the molecule is Cc1ccc(C2(CN)CCCCC2)c(Cl)c1O. The average Bonchev–Trinajstić information content (AvgIpc) is 2.37. The minimum absolute atomic E-state index is 0.0273. The molecule has 1 fully saturated rings. The van der Waals surface area contributed by atoms with E-state index in [1.807, 2.05) is 19.1 Å². The zero-order valence-electron chi connectivity index (χ0n) is 10.3. The van der Waals surface area contributed by atoms with Crippen molar-refractivity contribution in [3.05, 3.63) is 28.3 Å². The third-order valence-corrected chi connectivity index (χ3v) is 4.47. The van der Waals surface area contributed by atoms with Crippen LogP contribution in [0.15, 0.2) is 12.1 Å². The summed E-state index contributed by atoms with van der Waals surface area (Å²) in [5, 5.41) is 10.5. The van der Waals surface area contributed by atoms with Crippen molar-refractivity contribution in [3.8, 4) is 5.75 Å². The lowest BCUT2D eigenvalue weighted by atomic mass is 9.69. The van der Waals surface area contributed by atoms with Gasteiger partial charge in [0.25, 0.3) is 0 Å². The van der Waals surface area contributed by atoms with Gasteiger partial charge in [-0.25, -0.2) is 0 Å². The summed E-state index contributed by atoms with van der Waals surface area (Å²) in [6, 6.07) is 3.97. The van der Waals surface area contributed by atoms with Gasteiger partial charge in [-0.3, -0.25) is 0 Å². The van der Waals surface area contributed by atoms with Crippen LogP contribution in [0.4, 0.5) is 0 Å². The third-order valence-electron chi connectivity index (χ3n) is 4.09. The normalized spacial score (nSPS) is 19.2. The van der Waals surface area contributed by atoms with Gasteiger partial charge in [0.15, 0.2) is 0 Å². The van der Waals surface area contributed by atoms with Gasteiger partial charge in [0.2, 0.25) is 0 Å². The van der Waals surface area contributed by atoms with Gasteiger partial charge in [-0.2, -0.15) is 0 Å². The molecule has 1 aliphatic carbocycles. The maximum Gasteiger partial charge on any atom is 0.137 e. The number of hydrogen-bond acceptors (Lipinski definition) is 2. The fourth-order valence-corrected chi connectivity index (χ4v) is 3.30. The Morgan fingerprint density at radius 2 is 1.94 bits per heavy atom. The molecule has 1 saturated carbocycles. The van der Waals surface area contributed by atoms with E-state index in [9.17, 15) is 5.11 Å². The molecule has 2 nitrogen and oxygen atoms in total. The Balaban J connectivity index is 2.47. The Labute approximate surface area is 108 Å². The molecule has 0 aliphatic heterocycles. The minimum atomic E-state index is -0.0273. The molecular formula is C14H20ClNO. The van der Waals surface area contributed by atoms with Crippen LogP contribution in [0.3, 0.4) is 0 Å². The third kappa shape index (κ3) is 2.16. The first-order chi connectivity index (χ1) is 8.10. The zero-order valence-corrected chi connectivity index (χ0v) is 11.1. The number of halogens is 1. The summed E-state index contributed by atoms with van der Waals surface area (Å²) in [6.07, 6.45) is 5.82. The van der Waals surface area contributed by atoms with Crippen LogP contribution in [0.2, 0.25) is 5.02 Å². The van der Waals surface area contributed by atoms with Crippen LogP contribution in [0.5, 0.6) is 5.75 Å². The molecule has 17 heavy (non-hydrogen) atoms. The second kappa shape index (κ2) is 4.87. The number of aryl methyl sites for hydroxylation is 1. The Morgan fingerprint density at radius 3 is 2.53 bits per heavy atom. The monoisotopic (exact) mass is 253 g/mol. The molecule has 0 saturated heterocycles. The van der Waals surface area contributed by atoms with Gasteiger partial charge in [-0.1, -0.05) is 43.0 Å². The molecule has 0 radical (unpaired) electrons. The molecule has 0 unspecified atom stereocenters. The molecule has 0 heterocycles. The summed E-state index contributed by atoms with van der Waals surface area (Å²) in [7, 11) is 0. The van der Waals surface area contributed by atoms with Crippen LogP contribution < -0.4 is 5.73 Å². The van der Waals surface area contributed by atoms with Gasteiger partial charge in [0.1, 0.15) is 5.75 Å². The lowest BCUT2D eigenvalue weighted by Gasteiger charge is -2.37. The molecule has 3 N–H and O–H groups in total. The Bertz CT molecular complexity index is 411. The van der Waals surface area contributed by atoms with Crippen LogP contribution in [-0.2, 0) is 5.41 Å². The molecule has 0 amide bonds. The fourth-order valence-electron chi connectivity index (χ4n) is 2.88. The van der Waals surface area contributed by atoms with E-state index in [0.717, 1.165) is 24.0 Å². The van der Waals surface area contributed by atoms with E-state index < -0.39 is 0 Å². The molecule has 1 aromatic rings. The van der Waals surface area contributed by atoms with Crippen molar-refractivity contribution < 1.29 is 5.11 Å². The number of nitrogens with two attached hydrogens (primary N) is 1. The molecule has 0 aromatic heterocycles. The second-order valence-electron chi connectivity index (χ2n) is 5.14. The maximum atomic E-state index is 9.95. The van der Waals surface area contributed by atoms with Crippen LogP contribution in [-0.4, -0.2) is 11.7 Å². The summed E-state index contributed by atoms with van der Waals surface area (Å²) in [6.45, 7) is 2.47. The molecule has 0 spiro atoms. The van der Waals surface area contributed by atoms with Gasteiger partial charge in [0, 0.05) is 12.0 Å². The van der Waals surface area contributed by atoms with Crippen molar-refractivity contribution in [2.75, 3.05) is 6.54 Å². The highest BCUT2D eigenvalue weighted by atomic mass is 35.5. The predicted octanol–water partition coefficient (Wildman–Crippen LogP) is 3.51. The average molecular weight is 254 g/mol. The standard InChI is InChI=1S/C14H20ClNO/c1-10-5-6-11(12(15)13(10)17)14(9-16)7-3-2-4-8-14/h5-6,17H,2-4,7-9,16H2,1H3. The maximum absolute atomic E-state index is 9.95. The van der Waals surface area contributed by atoms with Crippen molar-refractivity contribution in [1.82, 2.24) is 0 Å². The van der Waals surface area contributed by atoms with Crippen molar-refractivity contribution in [1.29, 1.82) is 0 Å². The summed E-state index contributed by atoms with van der Waals surface area (Å²) >= 11 is 6.29. The Hall–Kier alpha value is -0.730. The molecule has 1 aliphatic rings. The first-order valence-electron chi connectivity index (χ1n) is 6.29. The minimum Gasteiger partial charge on any atom is -0.506 e. The number of phenolic OH excluding ortho intramolecular Hbond substituents is 1. The molecule has 3 heteroatoms.